The fraction of sp³-hybridized carbons (Fsp3) is 0.158. The summed E-state index contributed by atoms with van der Waals surface area (Å²) in [5, 5.41) is 0.811. The van der Waals surface area contributed by atoms with Gasteiger partial charge in [0.05, 0.1) is 24.1 Å². The summed E-state index contributed by atoms with van der Waals surface area (Å²) in [6.07, 6.45) is 0. The van der Waals surface area contributed by atoms with Gasteiger partial charge in [-0.3, -0.25) is 9.59 Å². The van der Waals surface area contributed by atoms with Crippen molar-refractivity contribution in [2.75, 3.05) is 14.2 Å². The van der Waals surface area contributed by atoms with Crippen LogP contribution in [0, 0.1) is 0 Å². The van der Waals surface area contributed by atoms with Crippen molar-refractivity contribution in [3.63, 3.8) is 0 Å². The van der Waals surface area contributed by atoms with Gasteiger partial charge < -0.3 is 14.1 Å². The minimum atomic E-state index is -0.506. The lowest BCUT2D eigenvalue weighted by Gasteiger charge is -2.20. The van der Waals surface area contributed by atoms with E-state index in [-0.39, 0.29) is 17.1 Å². The van der Waals surface area contributed by atoms with Gasteiger partial charge in [0.1, 0.15) is 11.3 Å². The van der Waals surface area contributed by atoms with Crippen LogP contribution in [-0.2, 0) is 0 Å². The van der Waals surface area contributed by atoms with Gasteiger partial charge in [0, 0.05) is 12.1 Å². The number of nitrogens with zero attached hydrogens (tertiary/aromatic N) is 1. The van der Waals surface area contributed by atoms with Crippen molar-refractivity contribution < 1.29 is 13.9 Å². The minimum absolute atomic E-state index is 0.0862. The summed E-state index contributed by atoms with van der Waals surface area (Å²) in [4.78, 5) is 27.2. The monoisotopic (exact) mass is 355 g/mol. The summed E-state index contributed by atoms with van der Waals surface area (Å²) < 4.78 is 10.9. The molecule has 126 valence electrons. The Morgan fingerprint density at radius 1 is 1.12 bits per heavy atom. The number of halogens is 1. The van der Waals surface area contributed by atoms with Crippen LogP contribution in [0.1, 0.15) is 27.7 Å². The van der Waals surface area contributed by atoms with Gasteiger partial charge in [-0.15, -0.1) is 0 Å². The van der Waals surface area contributed by atoms with Crippen LogP contribution in [0.15, 0.2) is 51.7 Å². The number of ether oxygens (including phenoxy) is 1. The smallest absolute Gasteiger partial charge is 0.290 e. The van der Waals surface area contributed by atoms with Crippen molar-refractivity contribution in [3.05, 3.63) is 74.6 Å². The Hall–Kier alpha value is -2.79. The molecule has 3 aromatic rings. The van der Waals surface area contributed by atoms with Gasteiger partial charge in [-0.2, -0.15) is 0 Å². The van der Waals surface area contributed by atoms with E-state index in [1.165, 1.54) is 4.90 Å². The quantitative estimate of drug-likeness (QED) is 0.704. The van der Waals surface area contributed by atoms with E-state index in [0.717, 1.165) is 5.56 Å². The van der Waals surface area contributed by atoms with E-state index in [0.29, 0.717) is 27.3 Å². The lowest BCUT2D eigenvalue weighted by molar-refractivity contribution is 0.0771. The minimum Gasteiger partial charge on any atom is -0.497 e. The van der Waals surface area contributed by atoms with E-state index in [4.69, 9.17) is 20.8 Å². The average molecular weight is 356 g/mol. The molecule has 1 aliphatic heterocycles. The van der Waals surface area contributed by atoms with Crippen LogP contribution < -0.4 is 10.2 Å². The Kier molecular flexibility index (Phi) is 3.54. The summed E-state index contributed by atoms with van der Waals surface area (Å²) in [6.45, 7) is 0. The highest BCUT2D eigenvalue weighted by atomic mass is 35.5. The standard InChI is InChI=1S/C19H14ClNO4/c1-21-16(10-3-6-12(24-2)7-4-10)15-17(22)13-9-11(20)5-8-14(13)25-18(15)19(21)23/h3-9,16H,1-2H3/t16-/m0/s1. The molecule has 0 bridgehead atoms. The van der Waals surface area contributed by atoms with E-state index in [2.05, 4.69) is 0 Å². The van der Waals surface area contributed by atoms with Gasteiger partial charge in [0.25, 0.3) is 5.91 Å². The number of fused-ring (bicyclic) bond motifs is 2. The van der Waals surface area contributed by atoms with Gasteiger partial charge in [-0.05, 0) is 35.9 Å². The zero-order valence-electron chi connectivity index (χ0n) is 13.6. The molecule has 0 saturated heterocycles. The first-order valence-corrected chi connectivity index (χ1v) is 8.06. The normalized spacial score (nSPS) is 16.4. The Bertz CT molecular complexity index is 1060. The highest BCUT2D eigenvalue weighted by Gasteiger charge is 2.40. The molecule has 0 fully saturated rings. The highest BCUT2D eigenvalue weighted by molar-refractivity contribution is 6.31. The summed E-state index contributed by atoms with van der Waals surface area (Å²) in [6, 6.07) is 11.6. The van der Waals surface area contributed by atoms with Crippen LogP contribution >= 0.6 is 11.6 Å². The molecule has 5 nitrogen and oxygen atoms in total. The SMILES string of the molecule is COc1ccc([C@H]2c3c(oc4ccc(Cl)cc4c3=O)C(=O)N2C)cc1. The molecule has 25 heavy (non-hydrogen) atoms. The molecule has 1 aliphatic rings. The van der Waals surface area contributed by atoms with Crippen molar-refractivity contribution in [2.24, 2.45) is 0 Å². The summed E-state index contributed by atoms with van der Waals surface area (Å²) in [5.41, 5.74) is 1.26. The Morgan fingerprint density at radius 2 is 1.84 bits per heavy atom. The largest absolute Gasteiger partial charge is 0.497 e. The second-order valence-corrected chi connectivity index (χ2v) is 6.34. The van der Waals surface area contributed by atoms with Crippen LogP contribution in [0.25, 0.3) is 11.0 Å². The van der Waals surface area contributed by atoms with E-state index in [1.807, 2.05) is 12.1 Å². The number of carbonyl (C=O) groups is 1. The number of benzene rings is 2. The fourth-order valence-electron chi connectivity index (χ4n) is 3.24. The lowest BCUT2D eigenvalue weighted by Crippen LogP contribution is -2.25. The predicted octanol–water partition coefficient (Wildman–Crippen LogP) is 3.63. The maximum atomic E-state index is 13.0. The number of rotatable bonds is 2. The molecule has 1 aromatic heterocycles. The molecule has 0 aliphatic carbocycles. The van der Waals surface area contributed by atoms with Crippen molar-refractivity contribution in [1.82, 2.24) is 4.90 Å². The molecule has 0 radical (unpaired) electrons. The van der Waals surface area contributed by atoms with Gasteiger partial charge >= 0.3 is 0 Å². The van der Waals surface area contributed by atoms with Gasteiger partial charge in [-0.25, -0.2) is 0 Å². The van der Waals surface area contributed by atoms with Gasteiger partial charge in [0.2, 0.25) is 5.76 Å². The second-order valence-electron chi connectivity index (χ2n) is 5.91. The zero-order chi connectivity index (χ0) is 17.7. The molecule has 1 atom stereocenters. The molecule has 2 aromatic carbocycles. The first-order chi connectivity index (χ1) is 12.0. The van der Waals surface area contributed by atoms with Crippen molar-refractivity contribution in [2.45, 2.75) is 6.04 Å². The number of amides is 1. The van der Waals surface area contributed by atoms with Crippen molar-refractivity contribution in [1.29, 1.82) is 0 Å². The highest BCUT2D eigenvalue weighted by Crippen LogP contribution is 2.37. The number of hydrogen-bond donors (Lipinski definition) is 0. The zero-order valence-corrected chi connectivity index (χ0v) is 14.3. The molecule has 2 heterocycles. The summed E-state index contributed by atoms with van der Waals surface area (Å²) in [5.74, 6) is 0.473. The van der Waals surface area contributed by atoms with Gasteiger partial charge in [-0.1, -0.05) is 23.7 Å². The molecule has 4 rings (SSSR count). The van der Waals surface area contributed by atoms with Gasteiger partial charge in [0.15, 0.2) is 5.43 Å². The average Bonchev–Trinajstić information content (AvgIpc) is 2.88. The Balaban J connectivity index is 1.98. The van der Waals surface area contributed by atoms with Crippen molar-refractivity contribution in [3.8, 4) is 5.75 Å². The molecule has 0 N–H and O–H groups in total. The van der Waals surface area contributed by atoms with E-state index in [9.17, 15) is 9.59 Å². The molecular formula is C19H14ClNO4. The maximum Gasteiger partial charge on any atom is 0.290 e. The van der Waals surface area contributed by atoms with Crippen LogP contribution in [0.3, 0.4) is 0 Å². The Morgan fingerprint density at radius 3 is 2.52 bits per heavy atom. The van der Waals surface area contributed by atoms with Crippen LogP contribution in [-0.4, -0.2) is 25.0 Å². The molecule has 1 amide bonds. The number of hydrogen-bond acceptors (Lipinski definition) is 4. The maximum absolute atomic E-state index is 13.0. The van der Waals surface area contributed by atoms with Crippen LogP contribution in [0.5, 0.6) is 5.75 Å². The number of carbonyl (C=O) groups excluding carboxylic acids is 1. The van der Waals surface area contributed by atoms with Crippen LogP contribution in [0.4, 0.5) is 0 Å². The molecule has 0 spiro atoms. The summed E-state index contributed by atoms with van der Waals surface area (Å²) >= 11 is 6.01. The first kappa shape index (κ1) is 15.7. The first-order valence-electron chi connectivity index (χ1n) is 7.68. The molecule has 0 unspecified atom stereocenters. The van der Waals surface area contributed by atoms with Crippen LogP contribution in [0.2, 0.25) is 5.02 Å². The topological polar surface area (TPSA) is 59.8 Å². The predicted molar refractivity (Wildman–Crippen MR) is 94.4 cm³/mol. The molecule has 6 heteroatoms. The number of methoxy groups -OCH3 is 1. The summed E-state index contributed by atoms with van der Waals surface area (Å²) in [7, 11) is 3.24. The molecule has 0 saturated carbocycles. The fourth-order valence-corrected chi connectivity index (χ4v) is 3.41. The molecular weight excluding hydrogens is 342 g/mol. The third-order valence-corrected chi connectivity index (χ3v) is 4.73. The van der Waals surface area contributed by atoms with Crippen molar-refractivity contribution >= 4 is 28.5 Å². The lowest BCUT2D eigenvalue weighted by atomic mass is 9.99. The van der Waals surface area contributed by atoms with E-state index >= 15 is 0 Å². The Labute approximate surface area is 148 Å². The van der Waals surface area contributed by atoms with E-state index in [1.54, 1.807) is 44.5 Å². The third kappa shape index (κ3) is 2.31. The van der Waals surface area contributed by atoms with E-state index < -0.39 is 6.04 Å². The second kappa shape index (κ2) is 5.63. The third-order valence-electron chi connectivity index (χ3n) is 4.49.